The van der Waals surface area contributed by atoms with E-state index in [9.17, 15) is 9.59 Å². The van der Waals surface area contributed by atoms with Crippen LogP contribution >= 0.6 is 0 Å². The van der Waals surface area contributed by atoms with E-state index in [1.807, 2.05) is 48.5 Å². The number of aromatic nitrogens is 2. The van der Waals surface area contributed by atoms with E-state index in [2.05, 4.69) is 20.8 Å². The van der Waals surface area contributed by atoms with Crippen LogP contribution in [0.15, 0.2) is 52.9 Å². The quantitative estimate of drug-likeness (QED) is 0.455. The van der Waals surface area contributed by atoms with Gasteiger partial charge < -0.3 is 24.9 Å². The largest absolute Gasteiger partial charge is 0.481 e. The number of amides is 1. The van der Waals surface area contributed by atoms with E-state index in [0.29, 0.717) is 31.1 Å². The Morgan fingerprint density at radius 2 is 1.82 bits per heavy atom. The van der Waals surface area contributed by atoms with E-state index >= 15 is 0 Å². The predicted molar refractivity (Wildman–Crippen MR) is 121 cm³/mol. The summed E-state index contributed by atoms with van der Waals surface area (Å²) in [6.45, 7) is 0.482. The lowest BCUT2D eigenvalue weighted by Crippen LogP contribution is -2.20. The van der Waals surface area contributed by atoms with Crippen molar-refractivity contribution in [2.45, 2.75) is 38.2 Å². The van der Waals surface area contributed by atoms with Crippen molar-refractivity contribution in [1.29, 1.82) is 0 Å². The van der Waals surface area contributed by atoms with Gasteiger partial charge in [-0.05, 0) is 67.0 Å². The van der Waals surface area contributed by atoms with Crippen molar-refractivity contribution >= 4 is 29.3 Å². The summed E-state index contributed by atoms with van der Waals surface area (Å²) in [5, 5.41) is 22.6. The van der Waals surface area contributed by atoms with E-state index in [4.69, 9.17) is 14.3 Å². The summed E-state index contributed by atoms with van der Waals surface area (Å²) in [5.41, 5.74) is 3.49. The lowest BCUT2D eigenvalue weighted by Gasteiger charge is -2.26. The molecule has 33 heavy (non-hydrogen) atoms. The average molecular weight is 450 g/mol. The Bertz CT molecular complexity index is 1100. The van der Waals surface area contributed by atoms with Crippen molar-refractivity contribution in [2.75, 3.05) is 17.7 Å². The topological polar surface area (TPSA) is 127 Å². The zero-order chi connectivity index (χ0) is 23.2. The maximum absolute atomic E-state index is 12.5. The highest BCUT2D eigenvalue weighted by atomic mass is 16.5. The van der Waals surface area contributed by atoms with E-state index in [0.717, 1.165) is 29.7 Å². The van der Waals surface area contributed by atoms with Crippen molar-refractivity contribution in [2.24, 2.45) is 5.92 Å². The molecule has 1 saturated carbocycles. The number of benzene rings is 2. The summed E-state index contributed by atoms with van der Waals surface area (Å²) >= 11 is 0. The number of hydrogen-bond donors (Lipinski definition) is 3. The molecule has 0 atom stereocenters. The van der Waals surface area contributed by atoms with E-state index in [-0.39, 0.29) is 17.8 Å². The van der Waals surface area contributed by atoms with Crippen molar-refractivity contribution in [1.82, 2.24) is 10.2 Å². The third-order valence-corrected chi connectivity index (χ3v) is 5.82. The van der Waals surface area contributed by atoms with Crippen LogP contribution < -0.4 is 10.6 Å². The number of rotatable bonds is 8. The summed E-state index contributed by atoms with van der Waals surface area (Å²) in [5.74, 6) is -1.24. The van der Waals surface area contributed by atoms with E-state index in [1.54, 1.807) is 7.11 Å². The molecule has 0 spiro atoms. The minimum absolute atomic E-state index is 0.113. The second-order valence-corrected chi connectivity index (χ2v) is 8.13. The van der Waals surface area contributed by atoms with Gasteiger partial charge in [0.25, 0.3) is 0 Å². The van der Waals surface area contributed by atoms with Crippen molar-refractivity contribution in [3.63, 3.8) is 0 Å². The number of nitrogens with zero attached hydrogens (tertiary/aromatic N) is 2. The van der Waals surface area contributed by atoms with Gasteiger partial charge in [0.05, 0.1) is 12.5 Å². The first kappa shape index (κ1) is 22.5. The van der Waals surface area contributed by atoms with Crippen LogP contribution in [0.4, 0.5) is 17.4 Å². The Kier molecular flexibility index (Phi) is 6.99. The molecule has 1 fully saturated rings. The van der Waals surface area contributed by atoms with Gasteiger partial charge in [-0.3, -0.25) is 9.59 Å². The predicted octanol–water partition coefficient (Wildman–Crippen LogP) is 4.57. The van der Waals surface area contributed by atoms with Crippen LogP contribution in [0.5, 0.6) is 0 Å². The molecule has 0 bridgehead atoms. The molecule has 0 aliphatic heterocycles. The van der Waals surface area contributed by atoms with Crippen LogP contribution in [-0.4, -0.2) is 34.3 Å². The first-order chi connectivity index (χ1) is 16.0. The van der Waals surface area contributed by atoms with Crippen molar-refractivity contribution in [3.8, 4) is 0 Å². The Hall–Kier alpha value is -3.72. The molecule has 0 radical (unpaired) electrons. The van der Waals surface area contributed by atoms with E-state index < -0.39 is 11.9 Å². The highest BCUT2D eigenvalue weighted by molar-refractivity contribution is 6.00. The second-order valence-electron chi connectivity index (χ2n) is 8.13. The van der Waals surface area contributed by atoms with Crippen LogP contribution in [-0.2, 0) is 16.1 Å². The Balaban J connectivity index is 1.33. The first-order valence-corrected chi connectivity index (χ1v) is 10.8. The molecule has 9 heteroatoms. The molecule has 3 aromatic rings. The molecule has 4 rings (SSSR count). The SMILES string of the molecule is COCc1cccc(Nc2nnc(C(=O)Nc3ccc([C@H]4CC[C@H](C(=O)O)CC4)cc3)o2)c1. The molecule has 9 nitrogen and oxygen atoms in total. The maximum Gasteiger partial charge on any atom is 0.320 e. The number of carbonyl (C=O) groups excluding carboxylic acids is 1. The van der Waals surface area contributed by atoms with Gasteiger partial charge in [-0.1, -0.05) is 29.4 Å². The number of anilines is 3. The number of nitrogens with one attached hydrogen (secondary N) is 2. The first-order valence-electron chi connectivity index (χ1n) is 10.8. The Morgan fingerprint density at radius 3 is 2.52 bits per heavy atom. The molecule has 0 saturated heterocycles. The summed E-state index contributed by atoms with van der Waals surface area (Å²) in [6.07, 6.45) is 3.11. The third kappa shape index (κ3) is 5.75. The number of carboxylic acids is 1. The van der Waals surface area contributed by atoms with Gasteiger partial charge in [-0.25, -0.2) is 0 Å². The summed E-state index contributed by atoms with van der Waals surface area (Å²) in [6, 6.07) is 15.3. The molecule has 172 valence electrons. The molecule has 1 heterocycles. The zero-order valence-corrected chi connectivity index (χ0v) is 18.3. The van der Waals surface area contributed by atoms with Crippen LogP contribution in [0.3, 0.4) is 0 Å². The molecule has 2 aromatic carbocycles. The number of ether oxygens (including phenoxy) is 1. The molecule has 1 amide bonds. The fraction of sp³-hybridized carbons (Fsp3) is 0.333. The summed E-state index contributed by atoms with van der Waals surface area (Å²) < 4.78 is 10.6. The van der Waals surface area contributed by atoms with Crippen LogP contribution in [0.25, 0.3) is 0 Å². The zero-order valence-electron chi connectivity index (χ0n) is 18.3. The Labute approximate surface area is 191 Å². The molecule has 0 unspecified atom stereocenters. The summed E-state index contributed by atoms with van der Waals surface area (Å²) in [4.78, 5) is 23.6. The minimum atomic E-state index is -0.703. The van der Waals surface area contributed by atoms with Gasteiger partial charge in [0.1, 0.15) is 0 Å². The van der Waals surface area contributed by atoms with Crippen molar-refractivity contribution < 1.29 is 23.8 Å². The van der Waals surface area contributed by atoms with Gasteiger partial charge in [-0.2, -0.15) is 0 Å². The van der Waals surface area contributed by atoms with Crippen LogP contribution in [0, 0.1) is 5.92 Å². The minimum Gasteiger partial charge on any atom is -0.481 e. The van der Waals surface area contributed by atoms with Gasteiger partial charge in [0.15, 0.2) is 0 Å². The van der Waals surface area contributed by atoms with E-state index in [1.165, 1.54) is 0 Å². The second kappa shape index (κ2) is 10.3. The monoisotopic (exact) mass is 450 g/mol. The smallest absolute Gasteiger partial charge is 0.320 e. The summed E-state index contributed by atoms with van der Waals surface area (Å²) in [7, 11) is 1.63. The third-order valence-electron chi connectivity index (χ3n) is 5.82. The Morgan fingerprint density at radius 1 is 1.06 bits per heavy atom. The molecular weight excluding hydrogens is 424 g/mol. The van der Waals surface area contributed by atoms with Crippen LogP contribution in [0.1, 0.15) is 53.4 Å². The lowest BCUT2D eigenvalue weighted by atomic mass is 9.79. The lowest BCUT2D eigenvalue weighted by molar-refractivity contribution is -0.142. The fourth-order valence-electron chi connectivity index (χ4n) is 4.09. The highest BCUT2D eigenvalue weighted by Gasteiger charge is 2.26. The molecule has 1 aliphatic rings. The maximum atomic E-state index is 12.5. The number of aliphatic carboxylic acids is 1. The van der Waals surface area contributed by atoms with Crippen LogP contribution in [0.2, 0.25) is 0 Å². The highest BCUT2D eigenvalue weighted by Crippen LogP contribution is 2.36. The molecule has 3 N–H and O–H groups in total. The van der Waals surface area contributed by atoms with Gasteiger partial charge in [-0.15, -0.1) is 5.10 Å². The number of methoxy groups -OCH3 is 1. The van der Waals surface area contributed by atoms with Gasteiger partial charge in [0, 0.05) is 18.5 Å². The van der Waals surface area contributed by atoms with Crippen molar-refractivity contribution in [3.05, 3.63) is 65.5 Å². The average Bonchev–Trinajstić information content (AvgIpc) is 3.29. The fourth-order valence-corrected chi connectivity index (χ4v) is 4.09. The molecule has 1 aliphatic carbocycles. The number of hydrogen-bond acceptors (Lipinski definition) is 7. The molecule has 1 aromatic heterocycles. The number of carboxylic acid groups (broad SMARTS) is 1. The standard InChI is InChI=1S/C24H26N4O5/c1-32-14-15-3-2-4-20(13-15)26-24-28-27-22(33-24)21(29)25-19-11-9-17(10-12-19)16-5-7-18(8-6-16)23(30)31/h2-4,9-13,16,18H,5-8,14H2,1H3,(H,25,29)(H,26,28)(H,30,31)/t16-,18-. The molecular formula is C24H26N4O5. The number of carbonyl (C=O) groups is 2. The van der Waals surface area contributed by atoms with Gasteiger partial charge >= 0.3 is 23.8 Å². The normalized spacial score (nSPS) is 18.0. The van der Waals surface area contributed by atoms with Gasteiger partial charge in [0.2, 0.25) is 0 Å².